The van der Waals surface area contributed by atoms with E-state index in [0.717, 1.165) is 5.69 Å². The zero-order chi connectivity index (χ0) is 16.6. The molecule has 2 aromatic heterocycles. The van der Waals surface area contributed by atoms with Gasteiger partial charge in [-0.15, -0.1) is 11.3 Å². The lowest BCUT2D eigenvalue weighted by atomic mass is 9.93. The van der Waals surface area contributed by atoms with Crippen molar-refractivity contribution in [2.75, 3.05) is 13.1 Å². The number of aromatic nitrogens is 2. The highest BCUT2D eigenvalue weighted by Gasteiger charge is 2.27. The third-order valence-corrected chi connectivity index (χ3v) is 5.17. The topological polar surface area (TPSA) is 92.0 Å². The molecule has 0 bridgehead atoms. The smallest absolute Gasteiger partial charge is 0.303 e. The second-order valence-electron chi connectivity index (χ2n) is 5.81. The van der Waals surface area contributed by atoms with Crippen LogP contribution in [-0.4, -0.2) is 44.4 Å². The molecule has 122 valence electrons. The van der Waals surface area contributed by atoms with Crippen molar-refractivity contribution in [3.05, 3.63) is 33.2 Å². The summed E-state index contributed by atoms with van der Waals surface area (Å²) in [5.74, 6) is -1.04. The van der Waals surface area contributed by atoms with Gasteiger partial charge in [0, 0.05) is 36.8 Å². The Kier molecular flexibility index (Phi) is 4.16. The molecule has 7 nitrogen and oxygen atoms in total. The summed E-state index contributed by atoms with van der Waals surface area (Å²) in [5, 5.41) is 10.7. The third kappa shape index (κ3) is 2.98. The SMILES string of the molecule is Cc1csc2ncc(C(=O)N3CCC(CC(=O)O)CC3)c(=O)n12. The number of nitrogens with zero attached hydrogens (tertiary/aromatic N) is 3. The third-order valence-electron chi connectivity index (χ3n) is 4.21. The summed E-state index contributed by atoms with van der Waals surface area (Å²) in [4.78, 5) is 42.2. The Labute approximate surface area is 136 Å². The Morgan fingerprint density at radius 3 is 2.74 bits per heavy atom. The molecule has 2 aromatic rings. The fraction of sp³-hybridized carbons (Fsp3) is 0.467. The summed E-state index contributed by atoms with van der Waals surface area (Å²) in [6.45, 7) is 2.75. The van der Waals surface area contributed by atoms with Crippen LogP contribution in [-0.2, 0) is 4.79 Å². The summed E-state index contributed by atoms with van der Waals surface area (Å²) < 4.78 is 1.45. The highest BCUT2D eigenvalue weighted by molar-refractivity contribution is 7.15. The fourth-order valence-corrected chi connectivity index (χ4v) is 3.76. The first-order valence-electron chi connectivity index (χ1n) is 7.44. The van der Waals surface area contributed by atoms with Crippen molar-refractivity contribution in [1.82, 2.24) is 14.3 Å². The number of aliphatic carboxylic acids is 1. The number of likely N-dealkylation sites (tertiary alicyclic amines) is 1. The molecule has 0 unspecified atom stereocenters. The van der Waals surface area contributed by atoms with Gasteiger partial charge in [0.05, 0.1) is 0 Å². The minimum atomic E-state index is -0.810. The minimum absolute atomic E-state index is 0.0701. The normalized spacial score (nSPS) is 16.0. The van der Waals surface area contributed by atoms with Crippen LogP contribution in [0.2, 0.25) is 0 Å². The second-order valence-corrected chi connectivity index (χ2v) is 6.64. The number of fused-ring (bicyclic) bond motifs is 1. The summed E-state index contributed by atoms with van der Waals surface area (Å²) in [7, 11) is 0. The Bertz CT molecular complexity index is 818. The lowest BCUT2D eigenvalue weighted by Gasteiger charge is -2.31. The van der Waals surface area contributed by atoms with E-state index in [9.17, 15) is 14.4 Å². The van der Waals surface area contributed by atoms with Gasteiger partial charge in [-0.3, -0.25) is 18.8 Å². The monoisotopic (exact) mass is 335 g/mol. The maximum Gasteiger partial charge on any atom is 0.303 e. The van der Waals surface area contributed by atoms with E-state index in [-0.39, 0.29) is 29.4 Å². The molecule has 0 atom stereocenters. The van der Waals surface area contributed by atoms with Gasteiger partial charge < -0.3 is 10.0 Å². The summed E-state index contributed by atoms with van der Waals surface area (Å²) in [6, 6.07) is 0. The molecule has 1 aliphatic rings. The zero-order valence-electron chi connectivity index (χ0n) is 12.7. The molecular weight excluding hydrogens is 318 g/mol. The Hall–Kier alpha value is -2.22. The molecule has 1 saturated heterocycles. The number of carboxylic acid groups (broad SMARTS) is 1. The number of aryl methyl sites for hydroxylation is 1. The van der Waals surface area contributed by atoms with Crippen molar-refractivity contribution >= 4 is 28.2 Å². The van der Waals surface area contributed by atoms with Crippen molar-refractivity contribution in [2.24, 2.45) is 5.92 Å². The van der Waals surface area contributed by atoms with E-state index < -0.39 is 5.97 Å². The highest BCUT2D eigenvalue weighted by Crippen LogP contribution is 2.21. The molecule has 0 spiro atoms. The Balaban J connectivity index is 1.79. The van der Waals surface area contributed by atoms with Crippen molar-refractivity contribution < 1.29 is 14.7 Å². The number of carbonyl (C=O) groups excluding carboxylic acids is 1. The van der Waals surface area contributed by atoms with E-state index in [1.807, 2.05) is 5.38 Å². The summed E-state index contributed by atoms with van der Waals surface area (Å²) >= 11 is 1.36. The molecular formula is C15H17N3O4S. The maximum absolute atomic E-state index is 12.6. The number of hydrogen-bond acceptors (Lipinski definition) is 5. The summed E-state index contributed by atoms with van der Waals surface area (Å²) in [6.07, 6.45) is 2.77. The molecule has 1 N–H and O–H groups in total. The van der Waals surface area contributed by atoms with Crippen LogP contribution in [0.15, 0.2) is 16.4 Å². The van der Waals surface area contributed by atoms with Gasteiger partial charge in [-0.05, 0) is 25.7 Å². The number of thiazole rings is 1. The van der Waals surface area contributed by atoms with Crippen LogP contribution in [0.1, 0.15) is 35.3 Å². The highest BCUT2D eigenvalue weighted by atomic mass is 32.1. The van der Waals surface area contributed by atoms with E-state index in [1.165, 1.54) is 21.9 Å². The maximum atomic E-state index is 12.6. The number of carbonyl (C=O) groups is 2. The van der Waals surface area contributed by atoms with Gasteiger partial charge in [-0.1, -0.05) is 0 Å². The van der Waals surface area contributed by atoms with Gasteiger partial charge in [0.15, 0.2) is 4.96 Å². The first kappa shape index (κ1) is 15.7. The lowest BCUT2D eigenvalue weighted by Crippen LogP contribution is -2.41. The van der Waals surface area contributed by atoms with Crippen LogP contribution < -0.4 is 5.56 Å². The average molecular weight is 335 g/mol. The largest absolute Gasteiger partial charge is 0.481 e. The molecule has 0 aliphatic carbocycles. The standard InChI is InChI=1S/C15H17N3O4S/c1-9-8-23-15-16-7-11(14(22)18(9)15)13(21)17-4-2-10(3-5-17)6-12(19)20/h7-8,10H,2-6H2,1H3,(H,19,20). The first-order valence-corrected chi connectivity index (χ1v) is 8.32. The number of hydrogen-bond donors (Lipinski definition) is 1. The Morgan fingerprint density at radius 1 is 1.39 bits per heavy atom. The predicted octanol–water partition coefficient (Wildman–Crippen LogP) is 1.39. The summed E-state index contributed by atoms with van der Waals surface area (Å²) in [5.41, 5.74) is 0.490. The van der Waals surface area contributed by atoms with Crippen LogP contribution in [0, 0.1) is 12.8 Å². The van der Waals surface area contributed by atoms with E-state index in [4.69, 9.17) is 5.11 Å². The number of piperidine rings is 1. The zero-order valence-corrected chi connectivity index (χ0v) is 13.5. The van der Waals surface area contributed by atoms with Gasteiger partial charge in [0.1, 0.15) is 5.56 Å². The predicted molar refractivity (Wildman–Crippen MR) is 85.0 cm³/mol. The number of carboxylic acids is 1. The van der Waals surface area contributed by atoms with Crippen LogP contribution in [0.5, 0.6) is 0 Å². The van der Waals surface area contributed by atoms with E-state index >= 15 is 0 Å². The van der Waals surface area contributed by atoms with Crippen molar-refractivity contribution in [2.45, 2.75) is 26.2 Å². The van der Waals surface area contributed by atoms with Crippen LogP contribution in [0.4, 0.5) is 0 Å². The first-order chi connectivity index (χ1) is 11.0. The van der Waals surface area contributed by atoms with Gasteiger partial charge in [0.2, 0.25) is 0 Å². The van der Waals surface area contributed by atoms with Crippen molar-refractivity contribution in [3.63, 3.8) is 0 Å². The van der Waals surface area contributed by atoms with Crippen LogP contribution in [0.3, 0.4) is 0 Å². The van der Waals surface area contributed by atoms with E-state index in [0.29, 0.717) is 30.9 Å². The average Bonchev–Trinajstić information content (AvgIpc) is 2.89. The van der Waals surface area contributed by atoms with E-state index in [1.54, 1.807) is 11.8 Å². The number of amides is 1. The van der Waals surface area contributed by atoms with Crippen LogP contribution in [0.25, 0.3) is 4.96 Å². The molecule has 23 heavy (non-hydrogen) atoms. The molecule has 1 aliphatic heterocycles. The van der Waals surface area contributed by atoms with Crippen LogP contribution >= 0.6 is 11.3 Å². The fourth-order valence-electron chi connectivity index (χ4n) is 2.93. The molecule has 0 radical (unpaired) electrons. The van der Waals surface area contributed by atoms with E-state index in [2.05, 4.69) is 4.98 Å². The van der Waals surface area contributed by atoms with Crippen molar-refractivity contribution in [1.29, 1.82) is 0 Å². The molecule has 8 heteroatoms. The minimum Gasteiger partial charge on any atom is -0.481 e. The molecule has 3 rings (SSSR count). The molecule has 1 fully saturated rings. The Morgan fingerprint density at radius 2 is 2.09 bits per heavy atom. The molecule has 3 heterocycles. The van der Waals surface area contributed by atoms with Gasteiger partial charge in [-0.25, -0.2) is 4.98 Å². The van der Waals surface area contributed by atoms with Gasteiger partial charge in [-0.2, -0.15) is 0 Å². The van der Waals surface area contributed by atoms with Gasteiger partial charge in [0.25, 0.3) is 11.5 Å². The van der Waals surface area contributed by atoms with Gasteiger partial charge >= 0.3 is 5.97 Å². The quantitative estimate of drug-likeness (QED) is 0.915. The second kappa shape index (κ2) is 6.11. The molecule has 1 amide bonds. The number of rotatable bonds is 3. The lowest BCUT2D eigenvalue weighted by molar-refractivity contribution is -0.138. The molecule has 0 saturated carbocycles. The van der Waals surface area contributed by atoms with Crippen molar-refractivity contribution in [3.8, 4) is 0 Å². The molecule has 0 aromatic carbocycles.